The van der Waals surface area contributed by atoms with Gasteiger partial charge in [-0.25, -0.2) is 4.98 Å². The van der Waals surface area contributed by atoms with Crippen LogP contribution in [0.15, 0.2) is 42.7 Å². The molecule has 3 aromatic rings. The molecule has 104 valence electrons. The van der Waals surface area contributed by atoms with Crippen molar-refractivity contribution in [2.24, 2.45) is 0 Å². The van der Waals surface area contributed by atoms with Crippen molar-refractivity contribution in [3.05, 3.63) is 42.7 Å². The van der Waals surface area contributed by atoms with Crippen LogP contribution in [-0.4, -0.2) is 24.9 Å². The fourth-order valence-electron chi connectivity index (χ4n) is 2.24. The number of benzene rings is 1. The maximum Gasteiger partial charge on any atom is 0.237 e. The summed E-state index contributed by atoms with van der Waals surface area (Å²) in [6.07, 6.45) is 3.34. The summed E-state index contributed by atoms with van der Waals surface area (Å²) in [4.78, 5) is 8.53. The molecule has 2 aromatic heterocycles. The second-order valence-corrected chi connectivity index (χ2v) is 4.79. The van der Waals surface area contributed by atoms with E-state index >= 15 is 0 Å². The van der Waals surface area contributed by atoms with Crippen LogP contribution in [0.4, 0.5) is 17.1 Å². The summed E-state index contributed by atoms with van der Waals surface area (Å²) in [6.45, 7) is 0. The van der Waals surface area contributed by atoms with Crippen molar-refractivity contribution < 1.29 is 4.74 Å². The van der Waals surface area contributed by atoms with Gasteiger partial charge in [-0.1, -0.05) is 17.6 Å². The highest BCUT2D eigenvalue weighted by Crippen LogP contribution is 2.32. The normalized spacial score (nSPS) is 10.5. The average Bonchev–Trinajstić information content (AvgIpc) is 2.50. The number of aromatic nitrogens is 2. The topological polar surface area (TPSA) is 73.1 Å². The van der Waals surface area contributed by atoms with Crippen molar-refractivity contribution in [1.82, 2.24) is 9.97 Å². The Labute approximate surface area is 123 Å². The first kappa shape index (κ1) is 13.2. The number of ether oxygens (including phenoxy) is 1. The lowest BCUT2D eigenvalue weighted by Crippen LogP contribution is -2.05. The van der Waals surface area contributed by atoms with Gasteiger partial charge in [0.15, 0.2) is 0 Å². The van der Waals surface area contributed by atoms with Crippen LogP contribution in [0.1, 0.15) is 0 Å². The van der Waals surface area contributed by atoms with Gasteiger partial charge in [0.2, 0.25) is 5.88 Å². The van der Waals surface area contributed by atoms with Crippen molar-refractivity contribution in [3.63, 3.8) is 0 Å². The lowest BCUT2D eigenvalue weighted by atomic mass is 9.94. The van der Waals surface area contributed by atoms with Crippen molar-refractivity contribution in [1.29, 1.82) is 0 Å². The Bertz CT molecular complexity index is 802. The molecular formula is C15H15BN4O. The third kappa shape index (κ3) is 2.47. The van der Waals surface area contributed by atoms with Gasteiger partial charge in [0.25, 0.3) is 0 Å². The first-order valence-electron chi connectivity index (χ1n) is 6.60. The van der Waals surface area contributed by atoms with E-state index in [4.69, 9.17) is 10.5 Å². The Morgan fingerprint density at radius 2 is 2.10 bits per heavy atom. The molecule has 3 rings (SSSR count). The number of nitrogen functional groups attached to an aromatic ring is 1. The number of nitrogens with two attached hydrogens (primary N) is 1. The van der Waals surface area contributed by atoms with Crippen LogP contribution >= 0.6 is 0 Å². The monoisotopic (exact) mass is 278 g/mol. The SMILES string of the molecule is Bc1ccc2ncc(N)c(Nc3cccnc3OC)c2c1. The van der Waals surface area contributed by atoms with E-state index < -0.39 is 0 Å². The Hall–Kier alpha value is -2.76. The zero-order chi connectivity index (χ0) is 14.8. The molecular weight excluding hydrogens is 263 g/mol. The summed E-state index contributed by atoms with van der Waals surface area (Å²) in [6, 6.07) is 9.81. The quantitative estimate of drug-likeness (QED) is 0.705. The fourth-order valence-corrected chi connectivity index (χ4v) is 2.24. The molecule has 0 fully saturated rings. The molecule has 0 aliphatic carbocycles. The van der Waals surface area contributed by atoms with Crippen LogP contribution in [0.2, 0.25) is 0 Å². The largest absolute Gasteiger partial charge is 0.480 e. The highest BCUT2D eigenvalue weighted by atomic mass is 16.5. The molecule has 0 amide bonds. The molecule has 21 heavy (non-hydrogen) atoms. The number of pyridine rings is 2. The highest BCUT2D eigenvalue weighted by molar-refractivity contribution is 6.33. The number of rotatable bonds is 3. The summed E-state index contributed by atoms with van der Waals surface area (Å²) >= 11 is 0. The molecule has 6 heteroatoms. The molecule has 0 spiro atoms. The van der Waals surface area contributed by atoms with E-state index in [-0.39, 0.29) is 0 Å². The smallest absolute Gasteiger partial charge is 0.237 e. The van der Waals surface area contributed by atoms with Crippen LogP contribution in [0.3, 0.4) is 0 Å². The maximum absolute atomic E-state index is 6.09. The second kappa shape index (κ2) is 5.32. The Kier molecular flexibility index (Phi) is 3.35. The molecule has 0 unspecified atom stereocenters. The number of hydrogen-bond acceptors (Lipinski definition) is 5. The Balaban J connectivity index is 2.15. The molecule has 3 N–H and O–H groups in total. The molecule has 1 aromatic carbocycles. The second-order valence-electron chi connectivity index (χ2n) is 4.79. The minimum atomic E-state index is 0.523. The molecule has 0 radical (unpaired) electrons. The first-order valence-corrected chi connectivity index (χ1v) is 6.60. The van der Waals surface area contributed by atoms with E-state index in [1.165, 1.54) is 0 Å². The highest BCUT2D eigenvalue weighted by Gasteiger charge is 2.10. The van der Waals surface area contributed by atoms with E-state index in [9.17, 15) is 0 Å². The van der Waals surface area contributed by atoms with Crippen LogP contribution in [0, 0.1) is 0 Å². The summed E-state index contributed by atoms with van der Waals surface area (Å²) in [5.41, 5.74) is 10.3. The van der Waals surface area contributed by atoms with Crippen LogP contribution in [-0.2, 0) is 0 Å². The van der Waals surface area contributed by atoms with Crippen molar-refractivity contribution in [3.8, 4) is 5.88 Å². The lowest BCUT2D eigenvalue weighted by Gasteiger charge is -2.14. The fraction of sp³-hybridized carbons (Fsp3) is 0.0667. The zero-order valence-electron chi connectivity index (χ0n) is 11.9. The predicted molar refractivity (Wildman–Crippen MR) is 88.4 cm³/mol. The summed E-state index contributed by atoms with van der Waals surface area (Å²) < 4.78 is 5.26. The predicted octanol–water partition coefficient (Wildman–Crippen LogP) is 1.22. The molecule has 0 aliphatic rings. The molecule has 0 bridgehead atoms. The van der Waals surface area contributed by atoms with Gasteiger partial charge >= 0.3 is 0 Å². The van der Waals surface area contributed by atoms with E-state index in [2.05, 4.69) is 21.4 Å². The summed E-state index contributed by atoms with van der Waals surface area (Å²) in [7, 11) is 3.63. The number of nitrogens with zero attached hydrogens (tertiary/aromatic N) is 2. The van der Waals surface area contributed by atoms with Crippen LogP contribution < -0.4 is 21.3 Å². The van der Waals surface area contributed by atoms with Gasteiger partial charge in [0.05, 0.1) is 30.2 Å². The molecule has 0 saturated heterocycles. The molecule has 5 nitrogen and oxygen atoms in total. The van der Waals surface area contributed by atoms with E-state index in [1.807, 2.05) is 32.1 Å². The van der Waals surface area contributed by atoms with Gasteiger partial charge in [-0.2, -0.15) is 0 Å². The van der Waals surface area contributed by atoms with Gasteiger partial charge in [-0.05, 0) is 18.2 Å². The summed E-state index contributed by atoms with van der Waals surface area (Å²) in [5, 5.41) is 4.28. The number of hydrogen-bond donors (Lipinski definition) is 2. The minimum Gasteiger partial charge on any atom is -0.480 e. The van der Waals surface area contributed by atoms with E-state index in [0.29, 0.717) is 11.6 Å². The van der Waals surface area contributed by atoms with Crippen LogP contribution in [0.25, 0.3) is 10.9 Å². The minimum absolute atomic E-state index is 0.523. The Morgan fingerprint density at radius 1 is 1.24 bits per heavy atom. The molecule has 0 atom stereocenters. The van der Waals surface area contributed by atoms with E-state index in [1.54, 1.807) is 19.5 Å². The average molecular weight is 278 g/mol. The van der Waals surface area contributed by atoms with Gasteiger partial charge in [-0.15, -0.1) is 0 Å². The molecule has 2 heterocycles. The van der Waals surface area contributed by atoms with Crippen molar-refractivity contribution in [2.45, 2.75) is 0 Å². The number of anilines is 3. The van der Waals surface area contributed by atoms with Gasteiger partial charge in [0, 0.05) is 11.6 Å². The lowest BCUT2D eigenvalue weighted by molar-refractivity contribution is 0.400. The standard InChI is InChI=1S/C15H15BN4O/c1-21-15-13(3-2-6-18-15)20-14-10-7-9(16)4-5-12(10)19-8-11(14)17/h2-8H,16-17H2,1H3,(H,19,20). The van der Waals surface area contributed by atoms with E-state index in [0.717, 1.165) is 27.7 Å². The third-order valence-corrected chi connectivity index (χ3v) is 3.28. The van der Waals surface area contributed by atoms with Crippen molar-refractivity contribution in [2.75, 3.05) is 18.2 Å². The van der Waals surface area contributed by atoms with Crippen LogP contribution in [0.5, 0.6) is 5.88 Å². The summed E-state index contributed by atoms with van der Waals surface area (Å²) in [5.74, 6) is 0.523. The van der Waals surface area contributed by atoms with Crippen molar-refractivity contribution >= 4 is 41.3 Å². The number of nitrogens with one attached hydrogen (secondary N) is 1. The molecule has 0 saturated carbocycles. The van der Waals surface area contributed by atoms with Gasteiger partial charge in [0.1, 0.15) is 13.5 Å². The Morgan fingerprint density at radius 3 is 2.90 bits per heavy atom. The van der Waals surface area contributed by atoms with Gasteiger partial charge in [-0.3, -0.25) is 4.98 Å². The first-order chi connectivity index (χ1) is 10.2. The number of fused-ring (bicyclic) bond motifs is 1. The van der Waals surface area contributed by atoms with Gasteiger partial charge < -0.3 is 15.8 Å². The third-order valence-electron chi connectivity index (χ3n) is 3.28. The molecule has 0 aliphatic heterocycles. The maximum atomic E-state index is 6.09. The zero-order valence-corrected chi connectivity index (χ0v) is 11.9. The number of methoxy groups -OCH3 is 1.